The van der Waals surface area contributed by atoms with E-state index in [0.29, 0.717) is 11.6 Å². The molecule has 3 aromatic rings. The van der Waals surface area contributed by atoms with Gasteiger partial charge in [-0.2, -0.15) is 0 Å². The summed E-state index contributed by atoms with van der Waals surface area (Å²) in [5.74, 6) is 2.44. The predicted octanol–water partition coefficient (Wildman–Crippen LogP) is 4.31. The van der Waals surface area contributed by atoms with Crippen molar-refractivity contribution in [3.63, 3.8) is 0 Å². The van der Waals surface area contributed by atoms with Crippen LogP contribution in [0.3, 0.4) is 0 Å². The molecule has 1 aromatic heterocycles. The van der Waals surface area contributed by atoms with Gasteiger partial charge >= 0.3 is 0 Å². The van der Waals surface area contributed by atoms with Crippen LogP contribution in [0, 0.1) is 0 Å². The fraction of sp³-hybridized carbons (Fsp3) is 0.176. The average Bonchev–Trinajstić information content (AvgIpc) is 2.94. The van der Waals surface area contributed by atoms with Crippen LogP contribution in [0.4, 0.5) is 0 Å². The molecule has 0 saturated heterocycles. The van der Waals surface area contributed by atoms with Crippen LogP contribution < -0.4 is 4.74 Å². The first kappa shape index (κ1) is 15.9. The fourth-order valence-electron chi connectivity index (χ4n) is 2.13. The van der Waals surface area contributed by atoms with E-state index in [9.17, 15) is 0 Å². The van der Waals surface area contributed by atoms with Gasteiger partial charge in [-0.15, -0.1) is 10.2 Å². The van der Waals surface area contributed by atoms with Gasteiger partial charge in [0.15, 0.2) is 11.0 Å². The second-order valence-corrected chi connectivity index (χ2v) is 6.32. The Labute approximate surface area is 144 Å². The number of rotatable bonds is 6. The zero-order chi connectivity index (χ0) is 16.1. The fourth-order valence-corrected chi connectivity index (χ4v) is 3.08. The molecule has 3 rings (SSSR count). The first-order valence-electron chi connectivity index (χ1n) is 7.20. The van der Waals surface area contributed by atoms with Crippen LogP contribution >= 0.6 is 23.4 Å². The minimum atomic E-state index is 0.614. The third-order valence-corrected chi connectivity index (χ3v) is 4.59. The topological polar surface area (TPSA) is 39.9 Å². The lowest BCUT2D eigenvalue weighted by atomic mass is 10.2. The van der Waals surface area contributed by atoms with Gasteiger partial charge in [0.1, 0.15) is 5.75 Å². The Hall–Kier alpha value is -1.98. The summed E-state index contributed by atoms with van der Waals surface area (Å²) in [5.41, 5.74) is 0.886. The van der Waals surface area contributed by atoms with Crippen molar-refractivity contribution < 1.29 is 4.74 Å². The molecule has 0 spiro atoms. The van der Waals surface area contributed by atoms with Crippen molar-refractivity contribution in [3.05, 3.63) is 59.6 Å². The van der Waals surface area contributed by atoms with Gasteiger partial charge in [0.2, 0.25) is 0 Å². The van der Waals surface area contributed by atoms with E-state index in [-0.39, 0.29) is 0 Å². The van der Waals surface area contributed by atoms with E-state index < -0.39 is 0 Å². The number of para-hydroxylation sites is 1. The van der Waals surface area contributed by atoms with Gasteiger partial charge in [0.25, 0.3) is 0 Å². The molecule has 0 aliphatic heterocycles. The van der Waals surface area contributed by atoms with Crippen molar-refractivity contribution in [2.75, 3.05) is 12.4 Å². The Morgan fingerprint density at radius 3 is 2.57 bits per heavy atom. The molecule has 0 fully saturated rings. The minimum Gasteiger partial charge on any atom is -0.493 e. The second kappa shape index (κ2) is 7.53. The highest BCUT2D eigenvalue weighted by atomic mass is 35.5. The van der Waals surface area contributed by atoms with E-state index in [1.54, 1.807) is 11.8 Å². The van der Waals surface area contributed by atoms with E-state index >= 15 is 0 Å². The van der Waals surface area contributed by atoms with E-state index in [2.05, 4.69) is 10.2 Å². The number of aromatic nitrogens is 3. The van der Waals surface area contributed by atoms with E-state index in [1.165, 1.54) is 0 Å². The zero-order valence-electron chi connectivity index (χ0n) is 12.6. The number of hydrogen-bond donors (Lipinski definition) is 0. The van der Waals surface area contributed by atoms with Gasteiger partial charge in [-0.1, -0.05) is 53.7 Å². The van der Waals surface area contributed by atoms with Gasteiger partial charge in [-0.05, 0) is 24.3 Å². The van der Waals surface area contributed by atoms with E-state index in [1.807, 2.05) is 66.2 Å². The smallest absolute Gasteiger partial charge is 0.191 e. The molecule has 6 heteroatoms. The predicted molar refractivity (Wildman–Crippen MR) is 94.1 cm³/mol. The highest BCUT2D eigenvalue weighted by molar-refractivity contribution is 7.99. The molecule has 23 heavy (non-hydrogen) atoms. The highest BCUT2D eigenvalue weighted by Gasteiger charge is 2.13. The van der Waals surface area contributed by atoms with Crippen LogP contribution in [0.5, 0.6) is 5.75 Å². The van der Waals surface area contributed by atoms with Crippen molar-refractivity contribution in [1.82, 2.24) is 14.8 Å². The molecule has 0 N–H and O–H groups in total. The molecule has 1 heterocycles. The van der Waals surface area contributed by atoms with Gasteiger partial charge in [-0.25, -0.2) is 0 Å². The third-order valence-electron chi connectivity index (χ3n) is 3.28. The Morgan fingerprint density at radius 1 is 1.04 bits per heavy atom. The summed E-state index contributed by atoms with van der Waals surface area (Å²) in [7, 11) is 1.94. The molecule has 0 atom stereocenters. The molecule has 0 saturated carbocycles. The summed E-state index contributed by atoms with van der Waals surface area (Å²) in [6, 6.07) is 17.4. The van der Waals surface area contributed by atoms with Crippen molar-refractivity contribution in [2.45, 2.75) is 5.16 Å². The van der Waals surface area contributed by atoms with Crippen molar-refractivity contribution in [3.8, 4) is 17.1 Å². The minimum absolute atomic E-state index is 0.614. The molecule has 0 aliphatic carbocycles. The van der Waals surface area contributed by atoms with Crippen LogP contribution in [-0.2, 0) is 7.05 Å². The summed E-state index contributed by atoms with van der Waals surface area (Å²) in [5, 5.41) is 10.0. The van der Waals surface area contributed by atoms with E-state index in [0.717, 1.165) is 28.0 Å². The molecule has 4 nitrogen and oxygen atoms in total. The summed E-state index contributed by atoms with van der Waals surface area (Å²) in [4.78, 5) is 0. The summed E-state index contributed by atoms with van der Waals surface area (Å²) in [6.07, 6.45) is 0. The number of benzene rings is 2. The molecule has 118 valence electrons. The van der Waals surface area contributed by atoms with Crippen LogP contribution in [0.25, 0.3) is 11.4 Å². The quantitative estimate of drug-likeness (QED) is 0.493. The summed E-state index contributed by atoms with van der Waals surface area (Å²) in [6.45, 7) is 0.614. The molecule has 2 aromatic carbocycles. The Balaban J connectivity index is 1.61. The van der Waals surface area contributed by atoms with Gasteiger partial charge < -0.3 is 9.30 Å². The second-order valence-electron chi connectivity index (χ2n) is 4.86. The molecule has 0 amide bonds. The maximum absolute atomic E-state index is 6.23. The SMILES string of the molecule is Cn1c(SCCOc2ccccc2)nnc1-c1ccccc1Cl. The molecule has 0 radical (unpaired) electrons. The van der Waals surface area contributed by atoms with Crippen LogP contribution in [0.1, 0.15) is 0 Å². The lowest BCUT2D eigenvalue weighted by Crippen LogP contribution is -2.02. The number of nitrogens with zero attached hydrogens (tertiary/aromatic N) is 3. The van der Waals surface area contributed by atoms with Crippen molar-refractivity contribution in [2.24, 2.45) is 7.05 Å². The van der Waals surface area contributed by atoms with Crippen molar-refractivity contribution in [1.29, 1.82) is 0 Å². The standard InChI is InChI=1S/C17H16ClN3OS/c1-21-16(14-9-5-6-10-15(14)18)19-20-17(21)23-12-11-22-13-7-3-2-4-8-13/h2-10H,11-12H2,1H3. The zero-order valence-corrected chi connectivity index (χ0v) is 14.2. The van der Waals surface area contributed by atoms with Crippen LogP contribution in [-0.4, -0.2) is 27.1 Å². The molecular formula is C17H16ClN3OS. The monoisotopic (exact) mass is 345 g/mol. The molecular weight excluding hydrogens is 330 g/mol. The molecule has 0 bridgehead atoms. The first-order chi connectivity index (χ1) is 11.3. The van der Waals surface area contributed by atoms with Crippen LogP contribution in [0.2, 0.25) is 5.02 Å². The Bertz CT molecular complexity index is 777. The van der Waals surface area contributed by atoms with E-state index in [4.69, 9.17) is 16.3 Å². The Morgan fingerprint density at radius 2 is 1.78 bits per heavy atom. The summed E-state index contributed by atoms with van der Waals surface area (Å²) >= 11 is 7.84. The maximum Gasteiger partial charge on any atom is 0.191 e. The third kappa shape index (κ3) is 3.86. The van der Waals surface area contributed by atoms with Gasteiger partial charge in [-0.3, -0.25) is 0 Å². The maximum atomic E-state index is 6.23. The lowest BCUT2D eigenvalue weighted by molar-refractivity contribution is 0.344. The van der Waals surface area contributed by atoms with Crippen LogP contribution in [0.15, 0.2) is 59.8 Å². The number of ether oxygens (including phenoxy) is 1. The number of hydrogen-bond acceptors (Lipinski definition) is 4. The highest BCUT2D eigenvalue weighted by Crippen LogP contribution is 2.28. The normalized spacial score (nSPS) is 10.7. The first-order valence-corrected chi connectivity index (χ1v) is 8.57. The van der Waals surface area contributed by atoms with Gasteiger partial charge in [0, 0.05) is 18.4 Å². The molecule has 0 unspecified atom stereocenters. The average molecular weight is 346 g/mol. The van der Waals surface area contributed by atoms with Gasteiger partial charge in [0.05, 0.1) is 11.6 Å². The molecule has 0 aliphatic rings. The lowest BCUT2D eigenvalue weighted by Gasteiger charge is -2.06. The van der Waals surface area contributed by atoms with Crippen molar-refractivity contribution >= 4 is 23.4 Å². The number of halogens is 1. The summed E-state index contributed by atoms with van der Waals surface area (Å²) < 4.78 is 7.63. The largest absolute Gasteiger partial charge is 0.493 e. The Kier molecular flexibility index (Phi) is 5.20. The number of thioether (sulfide) groups is 1.